The molecule has 0 aliphatic carbocycles. The molecular weight excluding hydrogens is 244 g/mol. The first-order valence-corrected chi connectivity index (χ1v) is 5.80. The number of carboxylic acid groups (broad SMARTS) is 1. The minimum atomic E-state index is -0.942. The fraction of sp³-hybridized carbons (Fsp3) is 0.154. The molecule has 0 atom stereocenters. The molecule has 19 heavy (non-hydrogen) atoms. The highest BCUT2D eigenvalue weighted by Gasteiger charge is 2.09. The van der Waals surface area contributed by atoms with Crippen molar-refractivity contribution in [1.29, 1.82) is 0 Å². The minimum Gasteiger partial charge on any atom is -0.478 e. The molecule has 0 aliphatic heterocycles. The molecule has 0 spiro atoms. The number of fused-ring (bicyclic) bond motifs is 1. The van der Waals surface area contributed by atoms with E-state index in [1.165, 1.54) is 0 Å². The predicted molar refractivity (Wildman–Crippen MR) is 69.0 cm³/mol. The van der Waals surface area contributed by atoms with Crippen LogP contribution in [0.4, 0.5) is 0 Å². The maximum Gasteiger partial charge on any atom is 0.335 e. The zero-order chi connectivity index (χ0) is 13.4. The Labute approximate surface area is 108 Å². The molecular formula is C13H12N4O2. The van der Waals surface area contributed by atoms with Crippen molar-refractivity contribution in [3.8, 4) is 0 Å². The zero-order valence-corrected chi connectivity index (χ0v) is 10.3. The number of benzene rings is 1. The van der Waals surface area contributed by atoms with E-state index in [9.17, 15) is 4.79 Å². The Morgan fingerprint density at radius 3 is 2.89 bits per heavy atom. The van der Waals surface area contributed by atoms with E-state index < -0.39 is 5.97 Å². The number of aryl methyl sites for hydroxylation is 1. The molecule has 3 rings (SSSR count). The number of rotatable bonds is 3. The summed E-state index contributed by atoms with van der Waals surface area (Å²) in [6.45, 7) is 0.652. The maximum absolute atomic E-state index is 10.9. The van der Waals surface area contributed by atoms with Gasteiger partial charge in [0.15, 0.2) is 0 Å². The highest BCUT2D eigenvalue weighted by molar-refractivity contribution is 5.92. The first kappa shape index (κ1) is 11.5. The van der Waals surface area contributed by atoms with Crippen molar-refractivity contribution in [1.82, 2.24) is 19.3 Å². The van der Waals surface area contributed by atoms with E-state index in [1.54, 1.807) is 35.4 Å². The molecule has 0 bridgehead atoms. The molecule has 1 N–H and O–H groups in total. The lowest BCUT2D eigenvalue weighted by Crippen LogP contribution is -2.04. The number of hydrogen-bond acceptors (Lipinski definition) is 3. The van der Waals surface area contributed by atoms with E-state index >= 15 is 0 Å². The van der Waals surface area contributed by atoms with E-state index in [-0.39, 0.29) is 5.56 Å². The number of carboxylic acids is 1. The van der Waals surface area contributed by atoms with Gasteiger partial charge in [0.1, 0.15) is 0 Å². The summed E-state index contributed by atoms with van der Waals surface area (Å²) < 4.78 is 3.77. The molecule has 0 unspecified atom stereocenters. The molecule has 2 heterocycles. The average molecular weight is 256 g/mol. The number of hydrogen-bond donors (Lipinski definition) is 1. The van der Waals surface area contributed by atoms with Crippen LogP contribution in [0.2, 0.25) is 0 Å². The summed E-state index contributed by atoms with van der Waals surface area (Å²) in [5.74, 6) is -0.942. The number of imidazole rings is 1. The molecule has 0 fully saturated rings. The Balaban J connectivity index is 2.02. The van der Waals surface area contributed by atoms with Crippen LogP contribution in [0, 0.1) is 0 Å². The highest BCUT2D eigenvalue weighted by atomic mass is 16.4. The number of aromatic nitrogens is 4. The van der Waals surface area contributed by atoms with Gasteiger partial charge in [-0.25, -0.2) is 9.78 Å². The Hall–Kier alpha value is -2.63. The largest absolute Gasteiger partial charge is 0.478 e. The van der Waals surface area contributed by atoms with Gasteiger partial charge in [0.25, 0.3) is 0 Å². The van der Waals surface area contributed by atoms with Gasteiger partial charge in [-0.15, -0.1) is 0 Å². The monoisotopic (exact) mass is 256 g/mol. The third kappa shape index (κ3) is 1.97. The topological polar surface area (TPSA) is 72.9 Å². The third-order valence-corrected chi connectivity index (χ3v) is 3.12. The smallest absolute Gasteiger partial charge is 0.335 e. The first-order chi connectivity index (χ1) is 9.15. The van der Waals surface area contributed by atoms with Crippen LogP contribution in [0.1, 0.15) is 16.1 Å². The van der Waals surface area contributed by atoms with E-state index in [4.69, 9.17) is 5.11 Å². The lowest BCUT2D eigenvalue weighted by molar-refractivity contribution is 0.0697. The minimum absolute atomic E-state index is 0.248. The fourth-order valence-corrected chi connectivity index (χ4v) is 2.05. The fourth-order valence-electron chi connectivity index (χ4n) is 2.05. The van der Waals surface area contributed by atoms with Crippen LogP contribution >= 0.6 is 0 Å². The molecule has 3 aromatic rings. The van der Waals surface area contributed by atoms with Gasteiger partial charge < -0.3 is 9.67 Å². The van der Waals surface area contributed by atoms with Crippen molar-refractivity contribution in [3.05, 3.63) is 48.0 Å². The van der Waals surface area contributed by atoms with Crippen molar-refractivity contribution in [2.24, 2.45) is 7.05 Å². The Morgan fingerprint density at radius 2 is 2.21 bits per heavy atom. The van der Waals surface area contributed by atoms with Crippen molar-refractivity contribution in [2.75, 3.05) is 0 Å². The summed E-state index contributed by atoms with van der Waals surface area (Å²) in [5, 5.41) is 13.1. The van der Waals surface area contributed by atoms with Crippen LogP contribution < -0.4 is 0 Å². The Kier molecular flexibility index (Phi) is 2.56. The Bertz CT molecular complexity index is 757. The predicted octanol–water partition coefficient (Wildman–Crippen LogP) is 1.52. The summed E-state index contributed by atoms with van der Waals surface area (Å²) in [4.78, 5) is 15.1. The average Bonchev–Trinajstić information content (AvgIpc) is 2.97. The molecule has 0 amide bonds. The van der Waals surface area contributed by atoms with E-state index in [2.05, 4.69) is 10.1 Å². The third-order valence-electron chi connectivity index (χ3n) is 3.12. The molecule has 96 valence electrons. The van der Waals surface area contributed by atoms with Gasteiger partial charge in [-0.2, -0.15) is 5.10 Å². The lowest BCUT2D eigenvalue weighted by Gasteiger charge is -2.05. The van der Waals surface area contributed by atoms with Crippen LogP contribution in [0.25, 0.3) is 11.0 Å². The van der Waals surface area contributed by atoms with E-state index in [0.717, 1.165) is 11.2 Å². The molecule has 0 aliphatic rings. The summed E-state index contributed by atoms with van der Waals surface area (Å²) >= 11 is 0. The summed E-state index contributed by atoms with van der Waals surface area (Å²) in [7, 11) is 1.89. The summed E-state index contributed by atoms with van der Waals surface area (Å²) in [5.41, 5.74) is 2.90. The van der Waals surface area contributed by atoms with Gasteiger partial charge in [-0.1, -0.05) is 0 Å². The number of nitrogens with zero attached hydrogens (tertiary/aromatic N) is 4. The first-order valence-electron chi connectivity index (χ1n) is 5.80. The second-order valence-corrected chi connectivity index (χ2v) is 4.33. The number of aromatic carboxylic acids is 1. The van der Waals surface area contributed by atoms with Crippen LogP contribution in [0.15, 0.2) is 36.8 Å². The second-order valence-electron chi connectivity index (χ2n) is 4.33. The molecule has 2 aromatic heterocycles. The highest BCUT2D eigenvalue weighted by Crippen LogP contribution is 2.16. The van der Waals surface area contributed by atoms with Gasteiger partial charge in [0.2, 0.25) is 0 Å². The SMILES string of the molecule is Cn1nccc1Cn1cnc2cc(C(=O)O)ccc21. The molecule has 0 saturated heterocycles. The van der Waals surface area contributed by atoms with Crippen molar-refractivity contribution in [3.63, 3.8) is 0 Å². The van der Waals surface area contributed by atoms with Gasteiger partial charge in [0, 0.05) is 13.2 Å². The quantitative estimate of drug-likeness (QED) is 0.771. The van der Waals surface area contributed by atoms with E-state index in [1.807, 2.05) is 17.7 Å². The lowest BCUT2D eigenvalue weighted by atomic mass is 10.2. The van der Waals surface area contributed by atoms with Crippen LogP contribution in [-0.2, 0) is 13.6 Å². The number of carbonyl (C=O) groups is 1. The second kappa shape index (κ2) is 4.24. The van der Waals surface area contributed by atoms with Crippen molar-refractivity contribution >= 4 is 17.0 Å². The molecule has 1 aromatic carbocycles. The Morgan fingerprint density at radius 1 is 1.37 bits per heavy atom. The van der Waals surface area contributed by atoms with E-state index in [0.29, 0.717) is 12.1 Å². The molecule has 6 heteroatoms. The molecule has 0 radical (unpaired) electrons. The summed E-state index contributed by atoms with van der Waals surface area (Å²) in [6.07, 6.45) is 3.46. The van der Waals surface area contributed by atoms with Crippen LogP contribution in [-0.4, -0.2) is 30.4 Å². The molecule has 0 saturated carbocycles. The van der Waals surface area contributed by atoms with Gasteiger partial charge in [-0.05, 0) is 24.3 Å². The maximum atomic E-state index is 10.9. The van der Waals surface area contributed by atoms with Gasteiger partial charge in [0.05, 0.1) is 35.2 Å². The molecule has 6 nitrogen and oxygen atoms in total. The van der Waals surface area contributed by atoms with Crippen molar-refractivity contribution in [2.45, 2.75) is 6.54 Å². The van der Waals surface area contributed by atoms with Crippen LogP contribution in [0.3, 0.4) is 0 Å². The van der Waals surface area contributed by atoms with Gasteiger partial charge in [-0.3, -0.25) is 4.68 Å². The van der Waals surface area contributed by atoms with Crippen LogP contribution in [0.5, 0.6) is 0 Å². The normalized spacial score (nSPS) is 11.0. The summed E-state index contributed by atoms with van der Waals surface area (Å²) in [6, 6.07) is 6.89. The van der Waals surface area contributed by atoms with Crippen molar-refractivity contribution < 1.29 is 9.90 Å². The van der Waals surface area contributed by atoms with Gasteiger partial charge >= 0.3 is 5.97 Å². The zero-order valence-electron chi connectivity index (χ0n) is 10.3. The standard InChI is InChI=1S/C13H12N4O2/c1-16-10(4-5-15-16)7-17-8-14-11-6-9(13(18)19)2-3-12(11)17/h2-6,8H,7H2,1H3,(H,18,19).